The topological polar surface area (TPSA) is 76.5 Å². The van der Waals surface area contributed by atoms with E-state index >= 15 is 0 Å². The van der Waals surface area contributed by atoms with Gasteiger partial charge in [-0.3, -0.25) is 4.98 Å². The van der Waals surface area contributed by atoms with Gasteiger partial charge in [-0.15, -0.1) is 0 Å². The van der Waals surface area contributed by atoms with E-state index in [2.05, 4.69) is 9.72 Å². The lowest BCUT2D eigenvalue weighted by Crippen LogP contribution is -2.03. The maximum atomic E-state index is 11.1. The van der Waals surface area contributed by atoms with Crippen LogP contribution in [-0.4, -0.2) is 26.8 Å². The van der Waals surface area contributed by atoms with Crippen molar-refractivity contribution in [3.63, 3.8) is 0 Å². The summed E-state index contributed by atoms with van der Waals surface area (Å²) in [6.07, 6.45) is 2.77. The molecule has 0 aromatic carbocycles. The number of pyridine rings is 1. The normalized spacial score (nSPS) is 12.1. The Hall–Kier alpha value is -1.27. The molecule has 0 amide bonds. The van der Waals surface area contributed by atoms with Crippen molar-refractivity contribution in [2.24, 2.45) is 0 Å². The second kappa shape index (κ2) is 4.83. The first kappa shape index (κ1) is 10.8. The molecule has 6 heteroatoms. The van der Waals surface area contributed by atoms with Crippen molar-refractivity contribution >= 4 is 17.0 Å². The molecule has 1 heterocycles. The van der Waals surface area contributed by atoms with Gasteiger partial charge in [0, 0.05) is 12.4 Å². The third-order valence-electron chi connectivity index (χ3n) is 1.51. The first-order chi connectivity index (χ1) is 6.63. The van der Waals surface area contributed by atoms with Crippen LogP contribution in [0.4, 0.5) is 0 Å². The average molecular weight is 215 g/mol. The molecule has 0 saturated carbocycles. The fourth-order valence-corrected chi connectivity index (χ4v) is 1.38. The summed E-state index contributed by atoms with van der Waals surface area (Å²) in [4.78, 5) is 14.8. The smallest absolute Gasteiger partial charge is 0.339 e. The molecule has 1 unspecified atom stereocenters. The molecule has 0 radical (unpaired) electrons. The summed E-state index contributed by atoms with van der Waals surface area (Å²) in [7, 11) is 1.26. The third-order valence-corrected chi connectivity index (χ3v) is 2.09. The Labute approximate surface area is 83.4 Å². The van der Waals surface area contributed by atoms with E-state index in [1.54, 1.807) is 0 Å². The van der Waals surface area contributed by atoms with Crippen molar-refractivity contribution in [1.82, 2.24) is 4.98 Å². The molecule has 0 aliphatic rings. The Bertz CT molecular complexity index is 366. The lowest BCUT2D eigenvalue weighted by Gasteiger charge is -2.00. The first-order valence-electron chi connectivity index (χ1n) is 3.73. The van der Waals surface area contributed by atoms with E-state index in [9.17, 15) is 9.00 Å². The van der Waals surface area contributed by atoms with Crippen LogP contribution in [0.3, 0.4) is 0 Å². The second-order valence-electron chi connectivity index (χ2n) is 2.54. The van der Waals surface area contributed by atoms with Crippen LogP contribution in [0, 0.1) is 0 Å². The van der Waals surface area contributed by atoms with Crippen molar-refractivity contribution in [2.45, 2.75) is 5.75 Å². The highest BCUT2D eigenvalue weighted by Crippen LogP contribution is 2.05. The van der Waals surface area contributed by atoms with Gasteiger partial charge in [0.15, 0.2) is 11.1 Å². The van der Waals surface area contributed by atoms with Crippen molar-refractivity contribution in [3.05, 3.63) is 29.6 Å². The zero-order valence-corrected chi connectivity index (χ0v) is 8.28. The van der Waals surface area contributed by atoms with E-state index in [1.807, 2.05) is 0 Å². The molecule has 0 fully saturated rings. The zero-order valence-electron chi connectivity index (χ0n) is 7.47. The number of carbonyl (C=O) groups is 1. The molecule has 0 aliphatic carbocycles. The highest BCUT2D eigenvalue weighted by molar-refractivity contribution is 7.78. The highest BCUT2D eigenvalue weighted by Gasteiger charge is 2.07. The van der Waals surface area contributed by atoms with Crippen LogP contribution in [0.2, 0.25) is 0 Å². The van der Waals surface area contributed by atoms with Crippen LogP contribution in [0.25, 0.3) is 0 Å². The lowest BCUT2D eigenvalue weighted by molar-refractivity contribution is 0.0600. The SMILES string of the molecule is COC(=O)c1cncc(CS(=O)O)c1. The number of hydrogen-bond acceptors (Lipinski definition) is 4. The van der Waals surface area contributed by atoms with Crippen molar-refractivity contribution in [1.29, 1.82) is 0 Å². The molecule has 14 heavy (non-hydrogen) atoms. The summed E-state index contributed by atoms with van der Waals surface area (Å²) in [5.41, 5.74) is 0.796. The van der Waals surface area contributed by atoms with Gasteiger partial charge in [0.25, 0.3) is 0 Å². The summed E-state index contributed by atoms with van der Waals surface area (Å²) in [5, 5.41) is 0. The van der Waals surface area contributed by atoms with E-state index in [4.69, 9.17) is 4.55 Å². The van der Waals surface area contributed by atoms with Gasteiger partial charge in [0.1, 0.15) is 0 Å². The van der Waals surface area contributed by atoms with Gasteiger partial charge in [-0.2, -0.15) is 0 Å². The van der Waals surface area contributed by atoms with Crippen molar-refractivity contribution in [3.8, 4) is 0 Å². The van der Waals surface area contributed by atoms with E-state index in [0.717, 1.165) is 0 Å². The van der Waals surface area contributed by atoms with E-state index in [-0.39, 0.29) is 11.3 Å². The highest BCUT2D eigenvalue weighted by atomic mass is 32.2. The van der Waals surface area contributed by atoms with E-state index in [1.165, 1.54) is 25.6 Å². The van der Waals surface area contributed by atoms with Crippen LogP contribution in [-0.2, 0) is 21.6 Å². The first-order valence-corrected chi connectivity index (χ1v) is 5.00. The molecule has 0 bridgehead atoms. The fourth-order valence-electron chi connectivity index (χ4n) is 0.939. The maximum Gasteiger partial charge on any atom is 0.339 e. The molecule has 0 spiro atoms. The van der Waals surface area contributed by atoms with Crippen molar-refractivity contribution < 1.29 is 18.3 Å². The van der Waals surface area contributed by atoms with Crippen LogP contribution < -0.4 is 0 Å². The number of methoxy groups -OCH3 is 1. The Morgan fingerprint density at radius 2 is 2.36 bits per heavy atom. The van der Waals surface area contributed by atoms with Crippen LogP contribution in [0.15, 0.2) is 18.5 Å². The molecule has 1 atom stereocenters. The van der Waals surface area contributed by atoms with Crippen LogP contribution in [0.5, 0.6) is 0 Å². The minimum atomic E-state index is -1.93. The Kier molecular flexibility index (Phi) is 3.73. The molecular formula is C8H9NO4S. The molecule has 1 aromatic rings. The number of esters is 1. The largest absolute Gasteiger partial charge is 0.465 e. The maximum absolute atomic E-state index is 11.1. The predicted molar refractivity (Wildman–Crippen MR) is 50.1 cm³/mol. The van der Waals surface area contributed by atoms with E-state index in [0.29, 0.717) is 5.56 Å². The van der Waals surface area contributed by atoms with Crippen molar-refractivity contribution in [2.75, 3.05) is 7.11 Å². The van der Waals surface area contributed by atoms with Gasteiger partial charge in [0.05, 0.1) is 18.4 Å². The quantitative estimate of drug-likeness (QED) is 0.590. The number of aromatic nitrogens is 1. The minimum absolute atomic E-state index is 0.0438. The van der Waals surface area contributed by atoms with E-state index < -0.39 is 17.0 Å². The molecule has 1 rings (SSSR count). The Balaban J connectivity index is 2.89. The molecule has 0 aliphatic heterocycles. The number of rotatable bonds is 3. The summed E-state index contributed by atoms with van der Waals surface area (Å²) in [6, 6.07) is 1.48. The van der Waals surface area contributed by atoms with Gasteiger partial charge in [0.2, 0.25) is 0 Å². The standard InChI is InChI=1S/C8H9NO4S/c1-13-8(10)7-2-6(3-9-4-7)5-14(11)12/h2-4H,5H2,1H3,(H,11,12). The minimum Gasteiger partial charge on any atom is -0.465 e. The third kappa shape index (κ3) is 2.90. The van der Waals surface area contributed by atoms with Gasteiger partial charge >= 0.3 is 5.97 Å². The average Bonchev–Trinajstić information content (AvgIpc) is 2.16. The van der Waals surface area contributed by atoms with Gasteiger partial charge in [-0.25, -0.2) is 9.00 Å². The molecule has 1 aromatic heterocycles. The molecular weight excluding hydrogens is 206 g/mol. The number of nitrogens with zero attached hydrogens (tertiary/aromatic N) is 1. The summed E-state index contributed by atoms with van der Waals surface area (Å²) in [6.45, 7) is 0. The summed E-state index contributed by atoms with van der Waals surface area (Å²) >= 11 is -1.93. The Morgan fingerprint density at radius 3 is 2.93 bits per heavy atom. The van der Waals surface area contributed by atoms with Crippen LogP contribution >= 0.6 is 0 Å². The lowest BCUT2D eigenvalue weighted by atomic mass is 10.2. The van der Waals surface area contributed by atoms with Gasteiger partial charge < -0.3 is 9.29 Å². The van der Waals surface area contributed by atoms with Gasteiger partial charge in [-0.05, 0) is 11.6 Å². The molecule has 1 N–H and O–H groups in total. The zero-order chi connectivity index (χ0) is 10.6. The Morgan fingerprint density at radius 1 is 1.64 bits per heavy atom. The number of ether oxygens (including phenoxy) is 1. The summed E-state index contributed by atoms with van der Waals surface area (Å²) < 4.78 is 23.6. The monoisotopic (exact) mass is 215 g/mol. The molecule has 76 valence electrons. The molecule has 5 nitrogen and oxygen atoms in total. The second-order valence-corrected chi connectivity index (χ2v) is 3.47. The van der Waals surface area contributed by atoms with Crippen LogP contribution in [0.1, 0.15) is 15.9 Å². The predicted octanol–water partition coefficient (Wildman–Crippen LogP) is 0.590. The molecule has 0 saturated heterocycles. The number of hydrogen-bond donors (Lipinski definition) is 1. The van der Waals surface area contributed by atoms with Gasteiger partial charge in [-0.1, -0.05) is 0 Å². The number of carbonyl (C=O) groups excluding carboxylic acids is 1. The summed E-state index contributed by atoms with van der Waals surface area (Å²) in [5.74, 6) is -0.555. The fraction of sp³-hybridized carbons (Fsp3) is 0.250.